The predicted molar refractivity (Wildman–Crippen MR) is 108 cm³/mol. The van der Waals surface area contributed by atoms with Crippen molar-refractivity contribution in [1.29, 1.82) is 0 Å². The summed E-state index contributed by atoms with van der Waals surface area (Å²) in [6, 6.07) is 9.09. The quantitative estimate of drug-likeness (QED) is 0.654. The molecule has 0 spiro atoms. The first kappa shape index (κ1) is 19.3. The summed E-state index contributed by atoms with van der Waals surface area (Å²) in [5.41, 5.74) is 2.40. The molecule has 150 valence electrons. The van der Waals surface area contributed by atoms with Gasteiger partial charge in [-0.3, -0.25) is 9.52 Å². The number of thiazole rings is 1. The molecule has 1 aliphatic rings. The van der Waals surface area contributed by atoms with E-state index in [1.807, 2.05) is 0 Å². The lowest BCUT2D eigenvalue weighted by Gasteiger charge is -2.18. The van der Waals surface area contributed by atoms with E-state index in [1.54, 1.807) is 32.0 Å². The lowest BCUT2D eigenvalue weighted by atomic mass is 10.1. The van der Waals surface area contributed by atoms with Crippen molar-refractivity contribution in [2.75, 3.05) is 16.6 Å². The third kappa shape index (κ3) is 3.81. The molecule has 0 saturated carbocycles. The largest absolute Gasteiger partial charge is 0.482 e. The van der Waals surface area contributed by atoms with E-state index in [4.69, 9.17) is 4.74 Å². The van der Waals surface area contributed by atoms with Gasteiger partial charge in [0, 0.05) is 10.4 Å². The molecule has 2 heterocycles. The molecule has 0 fully saturated rings. The Morgan fingerprint density at radius 3 is 2.79 bits per heavy atom. The third-order valence-electron chi connectivity index (χ3n) is 4.28. The fourth-order valence-corrected chi connectivity index (χ4v) is 5.16. The topological polar surface area (TPSA) is 97.4 Å². The molecule has 0 saturated heterocycles. The van der Waals surface area contributed by atoms with Crippen LogP contribution in [0.2, 0.25) is 0 Å². The highest BCUT2D eigenvalue weighted by atomic mass is 32.2. The van der Waals surface area contributed by atoms with Gasteiger partial charge < -0.3 is 10.1 Å². The first-order valence-corrected chi connectivity index (χ1v) is 10.9. The molecule has 2 N–H and O–H groups in total. The number of nitrogens with zero attached hydrogens (tertiary/aromatic N) is 1. The van der Waals surface area contributed by atoms with Crippen molar-refractivity contribution in [3.05, 3.63) is 52.7 Å². The summed E-state index contributed by atoms with van der Waals surface area (Å²) in [6.07, 6.45) is 0. The zero-order valence-electron chi connectivity index (χ0n) is 15.4. The van der Waals surface area contributed by atoms with Gasteiger partial charge in [0.1, 0.15) is 16.5 Å². The van der Waals surface area contributed by atoms with Crippen LogP contribution in [0.4, 0.5) is 15.2 Å². The van der Waals surface area contributed by atoms with Crippen LogP contribution < -0.4 is 14.8 Å². The fraction of sp³-hybridized carbons (Fsp3) is 0.158. The normalized spacial score (nSPS) is 13.4. The number of hydrogen-bond acceptors (Lipinski definition) is 6. The smallest absolute Gasteiger partial charge is 0.266 e. The van der Waals surface area contributed by atoms with Gasteiger partial charge in [-0.2, -0.15) is 0 Å². The highest BCUT2D eigenvalue weighted by Crippen LogP contribution is 2.36. The van der Waals surface area contributed by atoms with Gasteiger partial charge >= 0.3 is 0 Å². The second kappa shape index (κ2) is 7.12. The van der Waals surface area contributed by atoms with Crippen LogP contribution in [-0.4, -0.2) is 25.9 Å². The summed E-state index contributed by atoms with van der Waals surface area (Å²) in [5, 5.41) is 2.85. The summed E-state index contributed by atoms with van der Waals surface area (Å²) >= 11 is 1.14. The minimum Gasteiger partial charge on any atom is -0.482 e. The number of fused-ring (bicyclic) bond motifs is 1. The minimum atomic E-state index is -4.13. The van der Waals surface area contributed by atoms with E-state index in [2.05, 4.69) is 15.0 Å². The molecule has 0 unspecified atom stereocenters. The molecular formula is C19H16FN3O4S2. The number of nitrogens with one attached hydrogen (secondary N) is 2. The van der Waals surface area contributed by atoms with Gasteiger partial charge in [-0.15, -0.1) is 11.3 Å². The fourth-order valence-electron chi connectivity index (χ4n) is 2.92. The number of ether oxygens (including phenoxy) is 1. The number of sulfonamides is 1. The average Bonchev–Trinajstić information content (AvgIpc) is 3.02. The lowest BCUT2D eigenvalue weighted by molar-refractivity contribution is -0.118. The molecule has 10 heteroatoms. The number of aromatic nitrogens is 1. The molecule has 3 aromatic rings. The standard InChI is InChI=1S/C19H16FN3O4S2/c1-10-3-5-13(20)16(7-10)29(25,26)23-19-22-18(11(2)28-19)12-4-6-15-14(8-12)21-17(24)9-27-15/h3-8H,9H2,1-2H3,(H,21,24)(H,22,23). The summed E-state index contributed by atoms with van der Waals surface area (Å²) in [4.78, 5) is 16.2. The maximum absolute atomic E-state index is 14.0. The number of carbonyl (C=O) groups is 1. The minimum absolute atomic E-state index is 0.0382. The molecule has 2 aromatic carbocycles. The first-order chi connectivity index (χ1) is 13.7. The first-order valence-electron chi connectivity index (χ1n) is 8.56. The van der Waals surface area contributed by atoms with Crippen LogP contribution in [0.25, 0.3) is 11.3 Å². The number of amides is 1. The third-order valence-corrected chi connectivity index (χ3v) is 6.65. The molecule has 0 bridgehead atoms. The number of benzene rings is 2. The molecule has 29 heavy (non-hydrogen) atoms. The Morgan fingerprint density at radius 1 is 1.21 bits per heavy atom. The number of hydrogen-bond donors (Lipinski definition) is 2. The Morgan fingerprint density at radius 2 is 2.00 bits per heavy atom. The van der Waals surface area contributed by atoms with Crippen molar-refractivity contribution in [1.82, 2.24) is 4.98 Å². The zero-order chi connectivity index (χ0) is 20.8. The second-order valence-electron chi connectivity index (χ2n) is 6.51. The van der Waals surface area contributed by atoms with E-state index in [0.29, 0.717) is 28.3 Å². The van der Waals surface area contributed by atoms with Gasteiger partial charge in [0.2, 0.25) is 0 Å². The van der Waals surface area contributed by atoms with Gasteiger partial charge in [0.05, 0.1) is 11.4 Å². The summed E-state index contributed by atoms with van der Waals surface area (Å²) in [6.45, 7) is 3.44. The Kier molecular flexibility index (Phi) is 4.75. The SMILES string of the molecule is Cc1ccc(F)c(S(=O)(=O)Nc2nc(-c3ccc4c(c3)NC(=O)CO4)c(C)s2)c1. The molecular weight excluding hydrogens is 417 g/mol. The van der Waals surface area contributed by atoms with Gasteiger partial charge in [-0.25, -0.2) is 17.8 Å². The van der Waals surface area contributed by atoms with Crippen LogP contribution in [0.5, 0.6) is 5.75 Å². The highest BCUT2D eigenvalue weighted by molar-refractivity contribution is 7.93. The van der Waals surface area contributed by atoms with Crippen molar-refractivity contribution < 1.29 is 22.3 Å². The number of aryl methyl sites for hydroxylation is 2. The van der Waals surface area contributed by atoms with E-state index in [1.165, 1.54) is 12.1 Å². The van der Waals surface area contributed by atoms with Crippen LogP contribution in [0.15, 0.2) is 41.3 Å². The second-order valence-corrected chi connectivity index (χ2v) is 9.36. The van der Waals surface area contributed by atoms with E-state index >= 15 is 0 Å². The van der Waals surface area contributed by atoms with Crippen LogP contribution in [0.1, 0.15) is 10.4 Å². The van der Waals surface area contributed by atoms with Crippen molar-refractivity contribution in [3.8, 4) is 17.0 Å². The van der Waals surface area contributed by atoms with Crippen LogP contribution in [0.3, 0.4) is 0 Å². The average molecular weight is 433 g/mol. The Labute approximate surface area is 170 Å². The lowest BCUT2D eigenvalue weighted by Crippen LogP contribution is -2.25. The van der Waals surface area contributed by atoms with E-state index in [0.717, 1.165) is 22.3 Å². The number of anilines is 2. The van der Waals surface area contributed by atoms with E-state index in [9.17, 15) is 17.6 Å². The summed E-state index contributed by atoms with van der Waals surface area (Å²) < 4.78 is 46.9. The van der Waals surface area contributed by atoms with Crippen molar-refractivity contribution in [2.45, 2.75) is 18.7 Å². The van der Waals surface area contributed by atoms with Gasteiger partial charge in [0.25, 0.3) is 15.9 Å². The summed E-state index contributed by atoms with van der Waals surface area (Å²) in [5.74, 6) is -0.530. The Hall–Kier alpha value is -2.98. The van der Waals surface area contributed by atoms with Crippen LogP contribution in [0, 0.1) is 19.7 Å². The van der Waals surface area contributed by atoms with E-state index < -0.39 is 20.7 Å². The van der Waals surface area contributed by atoms with Crippen molar-refractivity contribution >= 4 is 38.1 Å². The molecule has 1 aromatic heterocycles. The number of rotatable bonds is 4. The molecule has 1 aliphatic heterocycles. The highest BCUT2D eigenvalue weighted by Gasteiger charge is 2.23. The summed E-state index contributed by atoms with van der Waals surface area (Å²) in [7, 11) is -4.13. The monoisotopic (exact) mass is 433 g/mol. The number of halogens is 1. The van der Waals surface area contributed by atoms with Gasteiger partial charge in [-0.1, -0.05) is 6.07 Å². The maximum Gasteiger partial charge on any atom is 0.266 e. The molecule has 7 nitrogen and oxygen atoms in total. The number of carbonyl (C=O) groups excluding carboxylic acids is 1. The molecule has 0 atom stereocenters. The maximum atomic E-state index is 14.0. The van der Waals surface area contributed by atoms with Crippen LogP contribution >= 0.6 is 11.3 Å². The van der Waals surface area contributed by atoms with Gasteiger partial charge in [-0.05, 0) is 49.7 Å². The van der Waals surface area contributed by atoms with Gasteiger partial charge in [0.15, 0.2) is 11.7 Å². The Bertz CT molecular complexity index is 1240. The Balaban J connectivity index is 1.66. The predicted octanol–water partition coefficient (Wildman–Crippen LogP) is 3.70. The molecule has 0 aliphatic carbocycles. The molecule has 0 radical (unpaired) electrons. The molecule has 1 amide bonds. The van der Waals surface area contributed by atoms with Crippen LogP contribution in [-0.2, 0) is 14.8 Å². The van der Waals surface area contributed by atoms with Crippen molar-refractivity contribution in [3.63, 3.8) is 0 Å². The molecule has 4 rings (SSSR count). The van der Waals surface area contributed by atoms with E-state index in [-0.39, 0.29) is 17.6 Å². The zero-order valence-corrected chi connectivity index (χ0v) is 17.1. The van der Waals surface area contributed by atoms with Crippen molar-refractivity contribution in [2.24, 2.45) is 0 Å².